The number of aliphatic hydroxyl groups is 1. The molecule has 0 spiro atoms. The summed E-state index contributed by atoms with van der Waals surface area (Å²) in [6.07, 6.45) is 0.0888. The zero-order valence-corrected chi connectivity index (χ0v) is 34.1. The Labute approximate surface area is 349 Å². The van der Waals surface area contributed by atoms with Crippen LogP contribution in [0.25, 0.3) is 33.4 Å². The van der Waals surface area contributed by atoms with Gasteiger partial charge in [-0.25, -0.2) is 19.0 Å². The molecule has 0 saturated carbocycles. The number of nitrogens with one attached hydrogen (secondary N) is 3. The van der Waals surface area contributed by atoms with Crippen molar-refractivity contribution in [3.63, 3.8) is 0 Å². The molecule has 0 unspecified atom stereocenters. The number of rotatable bonds is 10. The van der Waals surface area contributed by atoms with Crippen LogP contribution >= 0.6 is 0 Å². The second-order valence-corrected chi connectivity index (χ2v) is 16.5. The van der Waals surface area contributed by atoms with Gasteiger partial charge in [-0.1, -0.05) is 55.5 Å². The number of hydrogen-bond donors (Lipinski definition) is 4. The maximum atomic E-state index is 15.3. The molecule has 2 aliphatic carbocycles. The van der Waals surface area contributed by atoms with Crippen molar-refractivity contribution in [1.82, 2.24) is 25.5 Å². The number of amides is 3. The second-order valence-electron chi connectivity index (χ2n) is 16.5. The summed E-state index contributed by atoms with van der Waals surface area (Å²) in [5, 5.41) is 20.3. The molecule has 4 N–H and O–H groups in total. The molecule has 4 heterocycles. The number of halogens is 1. The Morgan fingerprint density at radius 1 is 1.03 bits per heavy atom. The molecular formula is C46H44FN5O9. The Balaban J connectivity index is 0.860. The number of pyridine rings is 2. The molecule has 3 aromatic carbocycles. The molecule has 0 saturated heterocycles. The molecule has 9 rings (SSSR count). The predicted octanol–water partition coefficient (Wildman–Crippen LogP) is 5.04. The van der Waals surface area contributed by atoms with E-state index in [0.29, 0.717) is 51.8 Å². The van der Waals surface area contributed by atoms with E-state index in [-0.39, 0.29) is 50.0 Å². The van der Waals surface area contributed by atoms with E-state index in [0.717, 1.165) is 27.8 Å². The summed E-state index contributed by atoms with van der Waals surface area (Å²) in [5.74, 6) is -2.46. The number of aryl methyl sites for hydroxylation is 1. The fourth-order valence-corrected chi connectivity index (χ4v) is 9.36. The summed E-state index contributed by atoms with van der Waals surface area (Å²) in [6, 6.07) is 18.3. The van der Waals surface area contributed by atoms with Crippen LogP contribution in [0, 0.1) is 12.7 Å². The Hall–Kier alpha value is -6.45. The van der Waals surface area contributed by atoms with Gasteiger partial charge in [0, 0.05) is 28.5 Å². The van der Waals surface area contributed by atoms with Gasteiger partial charge in [-0.2, -0.15) is 0 Å². The van der Waals surface area contributed by atoms with Crippen molar-refractivity contribution in [1.29, 1.82) is 0 Å². The van der Waals surface area contributed by atoms with Gasteiger partial charge in [0.05, 0.1) is 35.1 Å². The first-order valence-electron chi connectivity index (χ1n) is 20.3. The molecule has 0 fully saturated rings. The molecule has 61 heavy (non-hydrogen) atoms. The smallest absolute Gasteiger partial charge is 0.408 e. The van der Waals surface area contributed by atoms with Crippen LogP contribution in [0.15, 0.2) is 65.5 Å². The number of benzene rings is 3. The summed E-state index contributed by atoms with van der Waals surface area (Å²) in [5.41, 5.74) is 4.53. The topological polar surface area (TPSA) is 187 Å². The van der Waals surface area contributed by atoms with E-state index in [1.807, 2.05) is 48.5 Å². The number of alkyl carbamates (subject to hydrolysis) is 1. The van der Waals surface area contributed by atoms with E-state index in [4.69, 9.17) is 19.2 Å². The molecule has 0 bridgehead atoms. The lowest BCUT2D eigenvalue weighted by Gasteiger charge is -2.31. The van der Waals surface area contributed by atoms with Crippen molar-refractivity contribution < 1.29 is 42.9 Å². The minimum absolute atomic E-state index is 0.0192. The normalized spacial score (nSPS) is 18.3. The Bertz CT molecular complexity index is 2740. The predicted molar refractivity (Wildman–Crippen MR) is 220 cm³/mol. The monoisotopic (exact) mass is 829 g/mol. The van der Waals surface area contributed by atoms with Crippen LogP contribution < -0.4 is 21.5 Å². The molecule has 2 atom stereocenters. The van der Waals surface area contributed by atoms with Gasteiger partial charge < -0.3 is 39.8 Å². The van der Waals surface area contributed by atoms with Crippen molar-refractivity contribution in [3.8, 4) is 22.5 Å². The number of hydrogen-bond acceptors (Lipinski definition) is 10. The van der Waals surface area contributed by atoms with Gasteiger partial charge in [-0.05, 0) is 85.0 Å². The molecule has 2 aliphatic heterocycles. The highest BCUT2D eigenvalue weighted by atomic mass is 19.1. The third-order valence-electron chi connectivity index (χ3n) is 12.6. The summed E-state index contributed by atoms with van der Waals surface area (Å²) in [6.45, 7) is 5.52. The van der Waals surface area contributed by atoms with Gasteiger partial charge in [-0.3, -0.25) is 14.4 Å². The Morgan fingerprint density at radius 2 is 1.74 bits per heavy atom. The van der Waals surface area contributed by atoms with Crippen LogP contribution in [0.2, 0.25) is 0 Å². The highest BCUT2D eigenvalue weighted by Gasteiger charge is 2.46. The zero-order chi connectivity index (χ0) is 43.0. The molecular weight excluding hydrogens is 786 g/mol. The molecule has 4 aliphatic rings. The number of carbonyl (C=O) groups excluding carboxylic acids is 4. The fourth-order valence-electron chi connectivity index (χ4n) is 9.36. The van der Waals surface area contributed by atoms with Gasteiger partial charge in [0.1, 0.15) is 37.9 Å². The summed E-state index contributed by atoms with van der Waals surface area (Å²) < 4.78 is 33.2. The minimum atomic E-state index is -2.02. The van der Waals surface area contributed by atoms with E-state index >= 15 is 4.39 Å². The van der Waals surface area contributed by atoms with Crippen molar-refractivity contribution in [3.05, 3.63) is 121 Å². The zero-order valence-electron chi connectivity index (χ0n) is 34.1. The third-order valence-corrected chi connectivity index (χ3v) is 12.6. The molecule has 5 aromatic rings. The standard InChI is InChI=1S/C46H44FN5O9/c1-5-46(58)32-16-36-40-29(18-52(36)41(54)31(32)20-60-43(46)56)39-34(15-14-24-23(2)33(47)17-35(50-40)38(24)39)49-37(53)21-59-22-48-42(55)45(3,4)51-44(57)61-19-30-27-12-8-6-10-25(27)26-11-7-9-13-28(26)30/h6-13,16-17,30,34,58H,5,14-15,18-22H2,1-4H3,(H,48,55)(H,49,53)(H,51,57)/t34-,46-/m0/s1. The van der Waals surface area contributed by atoms with Crippen LogP contribution in [0.3, 0.4) is 0 Å². The van der Waals surface area contributed by atoms with Gasteiger partial charge in [-0.15, -0.1) is 0 Å². The molecule has 3 amide bonds. The van der Waals surface area contributed by atoms with E-state index in [2.05, 4.69) is 16.0 Å². The number of cyclic esters (lactones) is 1. The van der Waals surface area contributed by atoms with Crippen LogP contribution in [0.5, 0.6) is 0 Å². The van der Waals surface area contributed by atoms with Crippen molar-refractivity contribution >= 4 is 34.8 Å². The van der Waals surface area contributed by atoms with Crippen molar-refractivity contribution in [2.45, 2.75) is 83.2 Å². The van der Waals surface area contributed by atoms with Crippen LogP contribution in [-0.4, -0.2) is 64.0 Å². The first kappa shape index (κ1) is 40.0. The van der Waals surface area contributed by atoms with Gasteiger partial charge in [0.2, 0.25) is 11.8 Å². The van der Waals surface area contributed by atoms with E-state index in [1.165, 1.54) is 24.5 Å². The SMILES string of the molecule is CC[C@@]1(O)C(=O)OCc2c1cc1n(c2=O)Cc2c-1nc1cc(F)c(C)c3c1c2[C@@H](NC(=O)COCNC(=O)C(C)(C)NC(=O)OCC1c2ccccc2-c2ccccc21)CC3. The second kappa shape index (κ2) is 14.9. The lowest BCUT2D eigenvalue weighted by Crippen LogP contribution is -2.55. The maximum absolute atomic E-state index is 15.3. The number of carbonyl (C=O) groups is 4. The average molecular weight is 830 g/mol. The first-order valence-corrected chi connectivity index (χ1v) is 20.3. The van der Waals surface area contributed by atoms with Gasteiger partial charge in [0.15, 0.2) is 5.60 Å². The summed E-state index contributed by atoms with van der Waals surface area (Å²) in [4.78, 5) is 71.0. The lowest BCUT2D eigenvalue weighted by molar-refractivity contribution is -0.172. The van der Waals surface area contributed by atoms with Crippen LogP contribution in [0.1, 0.15) is 90.1 Å². The number of aromatic nitrogens is 2. The molecule has 314 valence electrons. The highest BCUT2D eigenvalue weighted by molar-refractivity contribution is 5.94. The average Bonchev–Trinajstić information content (AvgIpc) is 3.78. The van der Waals surface area contributed by atoms with Crippen molar-refractivity contribution in [2.75, 3.05) is 19.9 Å². The summed E-state index contributed by atoms with van der Waals surface area (Å²) >= 11 is 0. The largest absolute Gasteiger partial charge is 0.458 e. The molecule has 15 heteroatoms. The van der Waals surface area contributed by atoms with E-state index in [1.54, 1.807) is 19.9 Å². The Kier molecular flexibility index (Phi) is 9.78. The molecule has 0 radical (unpaired) electrons. The number of ether oxygens (including phenoxy) is 3. The first-order chi connectivity index (χ1) is 29.2. The number of nitrogens with zero attached hydrogens (tertiary/aromatic N) is 2. The minimum Gasteiger partial charge on any atom is -0.458 e. The highest BCUT2D eigenvalue weighted by Crippen LogP contribution is 2.47. The van der Waals surface area contributed by atoms with E-state index in [9.17, 15) is 29.1 Å². The summed E-state index contributed by atoms with van der Waals surface area (Å²) in [7, 11) is 0. The van der Waals surface area contributed by atoms with Crippen molar-refractivity contribution in [2.24, 2.45) is 0 Å². The third kappa shape index (κ3) is 6.54. The maximum Gasteiger partial charge on any atom is 0.408 e. The number of esters is 1. The number of fused-ring (bicyclic) bond motifs is 8. The fraction of sp³-hybridized carbons (Fsp3) is 0.348. The molecule has 14 nitrogen and oxygen atoms in total. The quantitative estimate of drug-likeness (QED) is 0.0829. The van der Waals surface area contributed by atoms with Crippen LogP contribution in [0.4, 0.5) is 9.18 Å². The lowest BCUT2D eigenvalue weighted by atomic mass is 9.81. The van der Waals surface area contributed by atoms with Crippen LogP contribution in [-0.2, 0) is 53.8 Å². The van der Waals surface area contributed by atoms with Gasteiger partial charge >= 0.3 is 12.1 Å². The Morgan fingerprint density at radius 3 is 2.44 bits per heavy atom. The van der Waals surface area contributed by atoms with Gasteiger partial charge in [0.25, 0.3) is 5.56 Å². The molecule has 2 aromatic heterocycles. The van der Waals surface area contributed by atoms with E-state index < -0.39 is 59.0 Å².